The number of likely N-dealkylation sites (N-methyl/N-ethyl adjacent to an activating group) is 1. The van der Waals surface area contributed by atoms with E-state index in [0.717, 1.165) is 11.3 Å². The monoisotopic (exact) mass is 321 g/mol. The molecule has 1 aromatic rings. The van der Waals surface area contributed by atoms with Gasteiger partial charge in [-0.25, -0.2) is 4.79 Å². The first-order valence-corrected chi connectivity index (χ1v) is 7.71. The van der Waals surface area contributed by atoms with Crippen LogP contribution in [0, 0.1) is 0 Å². The third-order valence-corrected chi connectivity index (χ3v) is 4.29. The van der Waals surface area contributed by atoms with E-state index in [1.165, 1.54) is 0 Å². The molecule has 0 radical (unpaired) electrons. The molecule has 1 unspecified atom stereocenters. The van der Waals surface area contributed by atoms with Crippen molar-refractivity contribution >= 4 is 11.9 Å². The predicted octanol–water partition coefficient (Wildman–Crippen LogP) is 1.72. The molecular weight excluding hydrogens is 298 g/mol. The van der Waals surface area contributed by atoms with Gasteiger partial charge in [0, 0.05) is 13.1 Å². The lowest BCUT2D eigenvalue weighted by atomic mass is 10.0. The van der Waals surface area contributed by atoms with Crippen LogP contribution in [-0.2, 0) is 20.7 Å². The summed E-state index contributed by atoms with van der Waals surface area (Å²) < 4.78 is 10.7. The van der Waals surface area contributed by atoms with Gasteiger partial charge in [0.15, 0.2) is 6.10 Å². The van der Waals surface area contributed by atoms with Crippen LogP contribution in [0.15, 0.2) is 24.3 Å². The number of nitrogens with zero attached hydrogens (tertiary/aromatic N) is 1. The summed E-state index contributed by atoms with van der Waals surface area (Å²) in [5.74, 6) is -0.385. The van der Waals surface area contributed by atoms with E-state index in [1.54, 1.807) is 19.1 Å². The fourth-order valence-electron chi connectivity index (χ4n) is 2.77. The molecule has 1 aliphatic heterocycles. The van der Waals surface area contributed by atoms with Crippen molar-refractivity contribution < 1.29 is 24.2 Å². The molecule has 1 N–H and O–H groups in total. The number of methoxy groups -OCH3 is 1. The fraction of sp³-hybridized carbons (Fsp3) is 0.529. The third-order valence-electron chi connectivity index (χ3n) is 4.29. The molecule has 23 heavy (non-hydrogen) atoms. The zero-order valence-electron chi connectivity index (χ0n) is 13.7. The Morgan fingerprint density at radius 2 is 2.00 bits per heavy atom. The molecule has 0 bridgehead atoms. The standard InChI is InChI=1S/C17H23NO5/c1-11(10-12-6-4-5-7-13(12)22-3)18(2)16(19)14-8-9-15(23-14)17(20)21/h4-7,11,14-15H,8-10H2,1-3H3,(H,20,21)/t11?,14-,15+/m0/s1. The average Bonchev–Trinajstić information content (AvgIpc) is 3.04. The molecule has 0 aromatic heterocycles. The Kier molecular flexibility index (Phi) is 5.60. The summed E-state index contributed by atoms with van der Waals surface area (Å²) in [5.41, 5.74) is 1.03. The highest BCUT2D eigenvalue weighted by atomic mass is 16.5. The zero-order valence-corrected chi connectivity index (χ0v) is 13.7. The summed E-state index contributed by atoms with van der Waals surface area (Å²) >= 11 is 0. The van der Waals surface area contributed by atoms with Gasteiger partial charge in [-0.2, -0.15) is 0 Å². The molecule has 6 nitrogen and oxygen atoms in total. The highest BCUT2D eigenvalue weighted by Gasteiger charge is 2.36. The first kappa shape index (κ1) is 17.3. The Hall–Kier alpha value is -2.08. The first-order chi connectivity index (χ1) is 10.9. The summed E-state index contributed by atoms with van der Waals surface area (Å²) in [6, 6.07) is 7.65. The lowest BCUT2D eigenvalue weighted by molar-refractivity contribution is -0.154. The van der Waals surface area contributed by atoms with Crippen LogP contribution in [0.4, 0.5) is 0 Å². The maximum Gasteiger partial charge on any atom is 0.332 e. The average molecular weight is 321 g/mol. The van der Waals surface area contributed by atoms with Gasteiger partial charge in [-0.3, -0.25) is 4.79 Å². The normalized spacial score (nSPS) is 21.7. The van der Waals surface area contributed by atoms with Crippen molar-refractivity contribution in [1.82, 2.24) is 4.90 Å². The molecule has 6 heteroatoms. The van der Waals surface area contributed by atoms with E-state index in [2.05, 4.69) is 0 Å². The van der Waals surface area contributed by atoms with Crippen molar-refractivity contribution in [3.63, 3.8) is 0 Å². The lowest BCUT2D eigenvalue weighted by Crippen LogP contribution is -2.43. The van der Waals surface area contributed by atoms with Crippen LogP contribution in [0.2, 0.25) is 0 Å². The molecule has 2 rings (SSSR count). The molecule has 1 fully saturated rings. The molecule has 1 aromatic carbocycles. The van der Waals surface area contributed by atoms with Gasteiger partial charge in [0.05, 0.1) is 7.11 Å². The predicted molar refractivity (Wildman–Crippen MR) is 84.5 cm³/mol. The van der Waals surface area contributed by atoms with Crippen LogP contribution in [-0.4, -0.2) is 54.3 Å². The van der Waals surface area contributed by atoms with Crippen molar-refractivity contribution in [2.75, 3.05) is 14.2 Å². The van der Waals surface area contributed by atoms with Gasteiger partial charge in [-0.15, -0.1) is 0 Å². The Labute approximate surface area is 136 Å². The molecule has 0 aliphatic carbocycles. The molecule has 1 aliphatic rings. The van der Waals surface area contributed by atoms with Gasteiger partial charge < -0.3 is 19.5 Å². The summed E-state index contributed by atoms with van der Waals surface area (Å²) in [7, 11) is 3.34. The van der Waals surface area contributed by atoms with E-state index in [-0.39, 0.29) is 11.9 Å². The van der Waals surface area contributed by atoms with Crippen LogP contribution in [0.25, 0.3) is 0 Å². The maximum atomic E-state index is 12.5. The van der Waals surface area contributed by atoms with E-state index in [4.69, 9.17) is 14.6 Å². The largest absolute Gasteiger partial charge is 0.496 e. The topological polar surface area (TPSA) is 76.1 Å². The van der Waals surface area contributed by atoms with Crippen LogP contribution in [0.3, 0.4) is 0 Å². The van der Waals surface area contributed by atoms with Crippen molar-refractivity contribution in [3.8, 4) is 5.75 Å². The summed E-state index contributed by atoms with van der Waals surface area (Å²) in [6.45, 7) is 1.95. The van der Waals surface area contributed by atoms with E-state index < -0.39 is 18.2 Å². The molecule has 0 saturated carbocycles. The van der Waals surface area contributed by atoms with Gasteiger partial charge in [0.25, 0.3) is 5.91 Å². The summed E-state index contributed by atoms with van der Waals surface area (Å²) in [6.07, 6.45) is -0.0633. The Morgan fingerprint density at radius 1 is 1.35 bits per heavy atom. The second-order valence-corrected chi connectivity index (χ2v) is 5.84. The Morgan fingerprint density at radius 3 is 2.61 bits per heavy atom. The van der Waals surface area contributed by atoms with Crippen molar-refractivity contribution in [2.45, 2.75) is 44.4 Å². The zero-order chi connectivity index (χ0) is 17.0. The van der Waals surface area contributed by atoms with Crippen molar-refractivity contribution in [1.29, 1.82) is 0 Å². The molecule has 126 valence electrons. The highest BCUT2D eigenvalue weighted by Crippen LogP contribution is 2.24. The minimum atomic E-state index is -1.01. The molecule has 1 amide bonds. The summed E-state index contributed by atoms with van der Waals surface area (Å²) in [5, 5.41) is 8.95. The number of benzene rings is 1. The van der Waals surface area contributed by atoms with Crippen LogP contribution in [0.1, 0.15) is 25.3 Å². The van der Waals surface area contributed by atoms with Gasteiger partial charge in [0.1, 0.15) is 11.9 Å². The number of para-hydroxylation sites is 1. The van der Waals surface area contributed by atoms with Crippen LogP contribution < -0.4 is 4.74 Å². The number of aliphatic carboxylic acids is 1. The Balaban J connectivity index is 1.98. The highest BCUT2D eigenvalue weighted by molar-refractivity contribution is 5.82. The number of amides is 1. The van der Waals surface area contributed by atoms with E-state index >= 15 is 0 Å². The quantitative estimate of drug-likeness (QED) is 0.863. The van der Waals surface area contributed by atoms with Gasteiger partial charge in [-0.1, -0.05) is 18.2 Å². The molecule has 3 atom stereocenters. The smallest absolute Gasteiger partial charge is 0.332 e. The van der Waals surface area contributed by atoms with E-state index in [9.17, 15) is 9.59 Å². The van der Waals surface area contributed by atoms with Gasteiger partial charge >= 0.3 is 5.97 Å². The van der Waals surface area contributed by atoms with Crippen molar-refractivity contribution in [3.05, 3.63) is 29.8 Å². The van der Waals surface area contributed by atoms with Crippen LogP contribution >= 0.6 is 0 Å². The van der Waals surface area contributed by atoms with Crippen molar-refractivity contribution in [2.24, 2.45) is 0 Å². The van der Waals surface area contributed by atoms with E-state index in [0.29, 0.717) is 19.3 Å². The number of ether oxygens (including phenoxy) is 2. The number of carboxylic acids is 1. The molecule has 1 saturated heterocycles. The molecule has 1 heterocycles. The number of hydrogen-bond donors (Lipinski definition) is 1. The SMILES string of the molecule is COc1ccccc1CC(C)N(C)C(=O)[C@@H]1CC[C@H](C(=O)O)O1. The van der Waals surface area contributed by atoms with Gasteiger partial charge in [0.2, 0.25) is 0 Å². The minimum absolute atomic E-state index is 0.0497. The minimum Gasteiger partial charge on any atom is -0.496 e. The van der Waals surface area contributed by atoms with E-state index in [1.807, 2.05) is 31.2 Å². The first-order valence-electron chi connectivity index (χ1n) is 7.71. The lowest BCUT2D eigenvalue weighted by Gasteiger charge is -2.28. The number of rotatable bonds is 6. The number of carbonyl (C=O) groups excluding carboxylic acids is 1. The van der Waals surface area contributed by atoms with Gasteiger partial charge in [-0.05, 0) is 37.8 Å². The summed E-state index contributed by atoms with van der Waals surface area (Å²) in [4.78, 5) is 25.0. The maximum absolute atomic E-state index is 12.5. The molecule has 0 spiro atoms. The third kappa shape index (κ3) is 4.01. The molecular formula is C17H23NO5. The number of carboxylic acid groups (broad SMARTS) is 1. The second-order valence-electron chi connectivity index (χ2n) is 5.84. The fourth-order valence-corrected chi connectivity index (χ4v) is 2.77. The second kappa shape index (κ2) is 7.46. The number of hydrogen-bond acceptors (Lipinski definition) is 4. The Bertz CT molecular complexity index is 574. The van der Waals surface area contributed by atoms with Crippen LogP contribution in [0.5, 0.6) is 5.75 Å². The number of carbonyl (C=O) groups is 2.